The number of allylic oxidation sites excluding steroid dienone is 1. The van der Waals surface area contributed by atoms with E-state index in [1.807, 2.05) is 63.3 Å². The molecule has 0 radical (unpaired) electrons. The summed E-state index contributed by atoms with van der Waals surface area (Å²) in [6, 6.07) is 7.90. The Morgan fingerprint density at radius 2 is 1.48 bits per heavy atom. The summed E-state index contributed by atoms with van der Waals surface area (Å²) in [5, 5.41) is 0. The smallest absolute Gasteiger partial charge is 0.268 e. The summed E-state index contributed by atoms with van der Waals surface area (Å²) in [6.45, 7) is 5.62. The lowest BCUT2D eigenvalue weighted by atomic mass is 10.1. The normalized spacial score (nSPS) is 12.0. The lowest BCUT2D eigenvalue weighted by molar-refractivity contribution is 0.236. The maximum absolute atomic E-state index is 11.6. The van der Waals surface area contributed by atoms with Crippen LogP contribution in [0.2, 0.25) is 0 Å². The SMILES string of the molecule is C/C=C/c1ccc(/C=C/c2c(OC(C)C)c(=O)c2=O)cc1. The Morgan fingerprint density at radius 3 is 2.00 bits per heavy atom. The summed E-state index contributed by atoms with van der Waals surface area (Å²) < 4.78 is 5.37. The molecule has 0 unspecified atom stereocenters. The molecule has 21 heavy (non-hydrogen) atoms. The van der Waals surface area contributed by atoms with E-state index < -0.39 is 10.9 Å². The average molecular weight is 282 g/mol. The van der Waals surface area contributed by atoms with E-state index in [0.717, 1.165) is 11.1 Å². The van der Waals surface area contributed by atoms with Crippen LogP contribution in [0, 0.1) is 0 Å². The largest absolute Gasteiger partial charge is 0.486 e. The molecule has 0 aliphatic carbocycles. The van der Waals surface area contributed by atoms with E-state index in [9.17, 15) is 9.59 Å². The molecule has 0 heterocycles. The van der Waals surface area contributed by atoms with Crippen LogP contribution in [0.5, 0.6) is 5.75 Å². The lowest BCUT2D eigenvalue weighted by Gasteiger charge is -2.12. The molecule has 0 aliphatic heterocycles. The molecule has 0 N–H and O–H groups in total. The van der Waals surface area contributed by atoms with E-state index in [1.54, 1.807) is 6.08 Å². The van der Waals surface area contributed by atoms with E-state index >= 15 is 0 Å². The van der Waals surface area contributed by atoms with Crippen LogP contribution < -0.4 is 15.6 Å². The highest BCUT2D eigenvalue weighted by atomic mass is 16.5. The number of benzene rings is 1. The van der Waals surface area contributed by atoms with Gasteiger partial charge in [-0.2, -0.15) is 0 Å². The minimum Gasteiger partial charge on any atom is -0.486 e. The topological polar surface area (TPSA) is 43.4 Å². The summed E-state index contributed by atoms with van der Waals surface area (Å²) in [6.07, 6.45) is 7.32. The fourth-order valence-corrected chi connectivity index (χ4v) is 1.98. The van der Waals surface area contributed by atoms with Crippen molar-refractivity contribution in [1.82, 2.24) is 0 Å². The van der Waals surface area contributed by atoms with E-state index in [1.165, 1.54) is 0 Å². The third kappa shape index (κ3) is 3.37. The third-order valence-electron chi connectivity index (χ3n) is 2.99. The zero-order valence-corrected chi connectivity index (χ0v) is 12.4. The van der Waals surface area contributed by atoms with Crippen molar-refractivity contribution >= 4 is 18.2 Å². The monoisotopic (exact) mass is 282 g/mol. The van der Waals surface area contributed by atoms with Gasteiger partial charge in [0, 0.05) is 0 Å². The maximum Gasteiger partial charge on any atom is 0.268 e. The molecule has 108 valence electrons. The Kier molecular flexibility index (Phi) is 4.53. The van der Waals surface area contributed by atoms with Crippen molar-refractivity contribution in [2.24, 2.45) is 0 Å². The van der Waals surface area contributed by atoms with Gasteiger partial charge in [0.1, 0.15) is 0 Å². The van der Waals surface area contributed by atoms with Gasteiger partial charge in [0.05, 0.1) is 11.7 Å². The van der Waals surface area contributed by atoms with Crippen molar-refractivity contribution in [3.63, 3.8) is 0 Å². The molecule has 0 bridgehead atoms. The summed E-state index contributed by atoms with van der Waals surface area (Å²) in [5.74, 6) is 0.178. The molecule has 0 amide bonds. The second kappa shape index (κ2) is 6.35. The van der Waals surface area contributed by atoms with Crippen LogP contribution >= 0.6 is 0 Å². The van der Waals surface area contributed by atoms with Crippen molar-refractivity contribution in [3.05, 3.63) is 67.5 Å². The van der Waals surface area contributed by atoms with Crippen molar-refractivity contribution < 1.29 is 4.74 Å². The highest BCUT2D eigenvalue weighted by Gasteiger charge is 2.20. The molecule has 2 rings (SSSR count). The minimum atomic E-state index is -0.535. The second-order valence-electron chi connectivity index (χ2n) is 5.07. The Balaban J connectivity index is 2.20. The highest BCUT2D eigenvalue weighted by Crippen LogP contribution is 2.17. The van der Waals surface area contributed by atoms with Gasteiger partial charge < -0.3 is 4.74 Å². The van der Waals surface area contributed by atoms with Gasteiger partial charge in [0.25, 0.3) is 5.43 Å². The minimum absolute atomic E-state index is 0.124. The Morgan fingerprint density at radius 1 is 0.905 bits per heavy atom. The average Bonchev–Trinajstić information content (AvgIpc) is 2.47. The molecule has 0 aromatic heterocycles. The van der Waals surface area contributed by atoms with Crippen LogP contribution in [0.4, 0.5) is 0 Å². The first-order chi connectivity index (χ1) is 10.0. The summed E-state index contributed by atoms with van der Waals surface area (Å²) >= 11 is 0. The molecule has 0 aliphatic rings. The molecule has 0 saturated heterocycles. The van der Waals surface area contributed by atoms with Gasteiger partial charge in [-0.3, -0.25) is 9.59 Å². The summed E-state index contributed by atoms with van der Waals surface area (Å²) in [4.78, 5) is 23.0. The second-order valence-corrected chi connectivity index (χ2v) is 5.07. The molecule has 0 saturated carbocycles. The van der Waals surface area contributed by atoms with Crippen LogP contribution in [0.3, 0.4) is 0 Å². The Labute approximate surface area is 123 Å². The van der Waals surface area contributed by atoms with Gasteiger partial charge in [0.15, 0.2) is 5.75 Å². The van der Waals surface area contributed by atoms with Crippen LogP contribution in [0.25, 0.3) is 18.2 Å². The van der Waals surface area contributed by atoms with Gasteiger partial charge in [-0.15, -0.1) is 0 Å². The molecular formula is C18H18O3. The van der Waals surface area contributed by atoms with Crippen LogP contribution in [-0.4, -0.2) is 6.10 Å². The van der Waals surface area contributed by atoms with Crippen molar-refractivity contribution in [1.29, 1.82) is 0 Å². The predicted octanol–water partition coefficient (Wildman–Crippen LogP) is 3.27. The molecule has 2 aromatic carbocycles. The van der Waals surface area contributed by atoms with Gasteiger partial charge >= 0.3 is 0 Å². The number of ether oxygens (including phenoxy) is 1. The van der Waals surface area contributed by atoms with E-state index in [4.69, 9.17) is 4.74 Å². The molecule has 0 atom stereocenters. The Hall–Kier alpha value is -2.42. The summed E-state index contributed by atoms with van der Waals surface area (Å²) in [7, 11) is 0. The van der Waals surface area contributed by atoms with Crippen LogP contribution in [0.1, 0.15) is 37.5 Å². The fourth-order valence-electron chi connectivity index (χ4n) is 1.98. The van der Waals surface area contributed by atoms with E-state index in [-0.39, 0.29) is 11.9 Å². The zero-order chi connectivity index (χ0) is 15.4. The van der Waals surface area contributed by atoms with Gasteiger partial charge in [-0.25, -0.2) is 0 Å². The number of hydrogen-bond donors (Lipinski definition) is 0. The van der Waals surface area contributed by atoms with Crippen molar-refractivity contribution in [2.75, 3.05) is 0 Å². The molecule has 2 aromatic rings. The molecule has 0 spiro atoms. The van der Waals surface area contributed by atoms with Gasteiger partial charge in [-0.05, 0) is 38.0 Å². The molecule has 3 nitrogen and oxygen atoms in total. The highest BCUT2D eigenvalue weighted by molar-refractivity contribution is 5.74. The maximum atomic E-state index is 11.6. The molecule has 0 fully saturated rings. The number of rotatable bonds is 5. The number of hydrogen-bond acceptors (Lipinski definition) is 3. The fraction of sp³-hybridized carbons (Fsp3) is 0.222. The van der Waals surface area contributed by atoms with E-state index in [2.05, 4.69) is 0 Å². The first-order valence-corrected chi connectivity index (χ1v) is 6.93. The standard InChI is InChI=1S/C18H18O3/c1-4-5-13-6-8-14(9-7-13)10-11-15-16(19)17(20)18(15)21-12(2)3/h4-12H,1-3H3/b5-4+,11-10+. The van der Waals surface area contributed by atoms with Crippen LogP contribution in [-0.2, 0) is 0 Å². The van der Waals surface area contributed by atoms with Crippen molar-refractivity contribution in [3.8, 4) is 5.75 Å². The zero-order valence-electron chi connectivity index (χ0n) is 12.4. The van der Waals surface area contributed by atoms with Crippen molar-refractivity contribution in [2.45, 2.75) is 26.9 Å². The molecular weight excluding hydrogens is 264 g/mol. The van der Waals surface area contributed by atoms with Crippen LogP contribution in [0.15, 0.2) is 39.9 Å². The quantitative estimate of drug-likeness (QED) is 0.790. The lowest BCUT2D eigenvalue weighted by Crippen LogP contribution is -2.36. The first kappa shape index (κ1) is 15.0. The van der Waals surface area contributed by atoms with Gasteiger partial charge in [-0.1, -0.05) is 42.5 Å². The van der Waals surface area contributed by atoms with Gasteiger partial charge in [0.2, 0.25) is 5.43 Å². The Bertz CT molecular complexity index is 740. The summed E-state index contributed by atoms with van der Waals surface area (Å²) in [5.41, 5.74) is 1.42. The predicted molar refractivity (Wildman–Crippen MR) is 87.2 cm³/mol. The first-order valence-electron chi connectivity index (χ1n) is 6.93. The molecule has 3 heteroatoms. The van der Waals surface area contributed by atoms with E-state index in [0.29, 0.717) is 5.56 Å². The third-order valence-corrected chi connectivity index (χ3v) is 2.99.